The molecule has 0 saturated carbocycles. The third kappa shape index (κ3) is 4.76. The largest absolute Gasteiger partial charge is 0.478 e. The van der Waals surface area contributed by atoms with Crippen LogP contribution in [0.25, 0.3) is 0 Å². The number of amides is 3. The van der Waals surface area contributed by atoms with Crippen molar-refractivity contribution in [2.24, 2.45) is 0 Å². The molecule has 21 heavy (non-hydrogen) atoms. The van der Waals surface area contributed by atoms with E-state index in [1.807, 2.05) is 30.3 Å². The molecule has 0 heterocycles. The summed E-state index contributed by atoms with van der Waals surface area (Å²) in [6, 6.07) is 8.32. The summed E-state index contributed by atoms with van der Waals surface area (Å²) in [5, 5.41) is 13.5. The number of aliphatic carboxylic acids is 1. The van der Waals surface area contributed by atoms with Gasteiger partial charge in [-0.3, -0.25) is 10.1 Å². The number of carboxylic acids is 1. The lowest BCUT2D eigenvalue weighted by atomic mass is 10.1. The van der Waals surface area contributed by atoms with Gasteiger partial charge in [-0.05, 0) is 26.3 Å². The zero-order chi connectivity index (χ0) is 16.0. The molecule has 1 rings (SSSR count). The Balaban J connectivity index is 2.64. The summed E-state index contributed by atoms with van der Waals surface area (Å²) >= 11 is 0. The van der Waals surface area contributed by atoms with Crippen LogP contribution in [0.4, 0.5) is 4.79 Å². The van der Waals surface area contributed by atoms with Crippen LogP contribution in [0.3, 0.4) is 0 Å². The van der Waals surface area contributed by atoms with Crippen molar-refractivity contribution in [3.05, 3.63) is 47.0 Å². The van der Waals surface area contributed by atoms with Gasteiger partial charge >= 0.3 is 12.0 Å². The van der Waals surface area contributed by atoms with E-state index in [1.165, 1.54) is 13.8 Å². The summed E-state index contributed by atoms with van der Waals surface area (Å²) in [4.78, 5) is 34.2. The number of hydrogen-bond acceptors (Lipinski definition) is 3. The molecule has 3 amide bonds. The zero-order valence-corrected chi connectivity index (χ0v) is 12.1. The molecule has 0 aliphatic carbocycles. The van der Waals surface area contributed by atoms with Crippen molar-refractivity contribution in [2.75, 3.05) is 0 Å². The Morgan fingerprint density at radius 2 is 1.62 bits per heavy atom. The molecule has 112 valence electrons. The first-order valence-corrected chi connectivity index (χ1v) is 6.40. The minimum atomic E-state index is -1.19. The fourth-order valence-corrected chi connectivity index (χ4v) is 1.59. The monoisotopic (exact) mass is 290 g/mol. The number of nitrogens with one attached hydrogen (secondary N) is 2. The smallest absolute Gasteiger partial charge is 0.331 e. The average Bonchev–Trinajstić information content (AvgIpc) is 2.46. The molecule has 0 aliphatic heterocycles. The predicted molar refractivity (Wildman–Crippen MR) is 77.5 cm³/mol. The number of carbonyl (C=O) groups excluding carboxylic acids is 2. The minimum Gasteiger partial charge on any atom is -0.478 e. The van der Waals surface area contributed by atoms with Gasteiger partial charge < -0.3 is 10.4 Å². The van der Waals surface area contributed by atoms with Gasteiger partial charge in [0.1, 0.15) is 0 Å². The van der Waals surface area contributed by atoms with Crippen molar-refractivity contribution in [3.8, 4) is 0 Å². The number of benzene rings is 1. The molecular weight excluding hydrogens is 272 g/mol. The van der Waals surface area contributed by atoms with Crippen molar-refractivity contribution < 1.29 is 19.5 Å². The molecule has 0 aliphatic rings. The van der Waals surface area contributed by atoms with Crippen LogP contribution in [-0.4, -0.2) is 23.0 Å². The SMILES string of the molecule is CC(C(=O)O)=C(C)C(=O)NC(=O)NC(C)c1ccccc1. The Bertz CT molecular complexity index is 579. The highest BCUT2D eigenvalue weighted by Crippen LogP contribution is 2.10. The van der Waals surface area contributed by atoms with Gasteiger partial charge in [0.05, 0.1) is 6.04 Å². The summed E-state index contributed by atoms with van der Waals surface area (Å²) in [6.45, 7) is 4.44. The second kappa shape index (κ2) is 7.23. The number of carbonyl (C=O) groups is 3. The molecule has 0 radical (unpaired) electrons. The van der Waals surface area contributed by atoms with Crippen molar-refractivity contribution in [1.29, 1.82) is 0 Å². The third-order valence-electron chi connectivity index (χ3n) is 3.10. The molecule has 0 bridgehead atoms. The van der Waals surface area contributed by atoms with E-state index in [0.29, 0.717) is 0 Å². The van der Waals surface area contributed by atoms with Crippen molar-refractivity contribution >= 4 is 17.9 Å². The molecule has 0 spiro atoms. The van der Waals surface area contributed by atoms with E-state index in [9.17, 15) is 14.4 Å². The molecule has 1 unspecified atom stereocenters. The number of carboxylic acid groups (broad SMARTS) is 1. The first-order chi connectivity index (χ1) is 9.82. The minimum absolute atomic E-state index is 0.00925. The lowest BCUT2D eigenvalue weighted by Gasteiger charge is -2.14. The van der Waals surface area contributed by atoms with Crippen LogP contribution in [0.5, 0.6) is 0 Å². The van der Waals surface area contributed by atoms with E-state index in [0.717, 1.165) is 5.56 Å². The standard InChI is InChI=1S/C15H18N2O4/c1-9(10(2)14(19)20)13(18)17-15(21)16-11(3)12-7-5-4-6-8-12/h4-8,11H,1-3H3,(H,19,20)(H2,16,17,18,21). The first-order valence-electron chi connectivity index (χ1n) is 6.40. The number of imide groups is 1. The summed E-state index contributed by atoms with van der Waals surface area (Å²) in [6.07, 6.45) is 0. The highest BCUT2D eigenvalue weighted by atomic mass is 16.4. The van der Waals surface area contributed by atoms with Crippen LogP contribution in [0, 0.1) is 0 Å². The quantitative estimate of drug-likeness (QED) is 0.739. The normalized spacial score (nSPS) is 12.9. The van der Waals surface area contributed by atoms with E-state index < -0.39 is 17.9 Å². The Morgan fingerprint density at radius 3 is 2.14 bits per heavy atom. The van der Waals surface area contributed by atoms with Crippen LogP contribution in [-0.2, 0) is 9.59 Å². The highest BCUT2D eigenvalue weighted by Gasteiger charge is 2.16. The Hall–Kier alpha value is -2.63. The second-order valence-corrected chi connectivity index (χ2v) is 4.62. The lowest BCUT2D eigenvalue weighted by molar-refractivity contribution is -0.133. The summed E-state index contributed by atoms with van der Waals surface area (Å²) in [5.41, 5.74) is 0.788. The van der Waals surface area contributed by atoms with Crippen molar-refractivity contribution in [2.45, 2.75) is 26.8 Å². The molecule has 6 nitrogen and oxygen atoms in total. The Labute approximate surface area is 122 Å². The van der Waals surface area contributed by atoms with Crippen LogP contribution in [0.15, 0.2) is 41.5 Å². The van der Waals surface area contributed by atoms with Gasteiger partial charge in [-0.1, -0.05) is 30.3 Å². The maximum Gasteiger partial charge on any atom is 0.331 e. The number of urea groups is 1. The van der Waals surface area contributed by atoms with Crippen LogP contribution in [0.2, 0.25) is 0 Å². The second-order valence-electron chi connectivity index (χ2n) is 4.62. The maximum atomic E-state index is 11.7. The van der Waals surface area contributed by atoms with Gasteiger partial charge in [0.25, 0.3) is 5.91 Å². The summed E-state index contributed by atoms with van der Waals surface area (Å²) < 4.78 is 0. The van der Waals surface area contributed by atoms with Crippen LogP contribution >= 0.6 is 0 Å². The Morgan fingerprint density at radius 1 is 1.05 bits per heavy atom. The Kier molecular flexibility index (Phi) is 5.66. The van der Waals surface area contributed by atoms with Gasteiger partial charge in [-0.2, -0.15) is 0 Å². The first kappa shape index (κ1) is 16.4. The van der Waals surface area contributed by atoms with E-state index in [1.54, 1.807) is 6.92 Å². The lowest BCUT2D eigenvalue weighted by Crippen LogP contribution is -2.41. The molecule has 3 N–H and O–H groups in total. The molecule has 1 aromatic rings. The summed E-state index contributed by atoms with van der Waals surface area (Å²) in [5.74, 6) is -1.92. The molecule has 1 aromatic carbocycles. The van der Waals surface area contributed by atoms with Crippen LogP contribution < -0.4 is 10.6 Å². The molecular formula is C15H18N2O4. The molecule has 0 saturated heterocycles. The third-order valence-corrected chi connectivity index (χ3v) is 3.10. The van der Waals surface area contributed by atoms with E-state index in [4.69, 9.17) is 5.11 Å². The van der Waals surface area contributed by atoms with E-state index in [2.05, 4.69) is 10.6 Å². The topological polar surface area (TPSA) is 95.5 Å². The predicted octanol–water partition coefficient (Wildman–Crippen LogP) is 1.99. The van der Waals surface area contributed by atoms with Crippen LogP contribution in [0.1, 0.15) is 32.4 Å². The fourth-order valence-electron chi connectivity index (χ4n) is 1.59. The molecule has 6 heteroatoms. The number of hydrogen-bond donors (Lipinski definition) is 3. The fraction of sp³-hybridized carbons (Fsp3) is 0.267. The van der Waals surface area contributed by atoms with Gasteiger partial charge in [0.15, 0.2) is 0 Å². The molecule has 0 aromatic heterocycles. The highest BCUT2D eigenvalue weighted by molar-refractivity contribution is 6.07. The number of rotatable bonds is 4. The maximum absolute atomic E-state index is 11.7. The molecule has 0 fully saturated rings. The molecule has 1 atom stereocenters. The van der Waals surface area contributed by atoms with Gasteiger partial charge in [0.2, 0.25) is 0 Å². The van der Waals surface area contributed by atoms with E-state index >= 15 is 0 Å². The summed E-state index contributed by atoms with van der Waals surface area (Å²) in [7, 11) is 0. The average molecular weight is 290 g/mol. The van der Waals surface area contributed by atoms with Crippen molar-refractivity contribution in [1.82, 2.24) is 10.6 Å². The van der Waals surface area contributed by atoms with Gasteiger partial charge in [-0.15, -0.1) is 0 Å². The van der Waals surface area contributed by atoms with Gasteiger partial charge in [-0.25, -0.2) is 9.59 Å². The zero-order valence-electron chi connectivity index (χ0n) is 12.1. The van der Waals surface area contributed by atoms with Gasteiger partial charge in [0, 0.05) is 11.1 Å². The van der Waals surface area contributed by atoms with Crippen molar-refractivity contribution in [3.63, 3.8) is 0 Å². The van der Waals surface area contributed by atoms with E-state index in [-0.39, 0.29) is 17.2 Å².